The van der Waals surface area contributed by atoms with E-state index in [1.54, 1.807) is 7.11 Å². The summed E-state index contributed by atoms with van der Waals surface area (Å²) in [6.07, 6.45) is 4.21. The first-order valence-corrected chi connectivity index (χ1v) is 7.57. The van der Waals surface area contributed by atoms with E-state index in [1.165, 1.54) is 0 Å². The molecule has 23 heavy (non-hydrogen) atoms. The summed E-state index contributed by atoms with van der Waals surface area (Å²) in [4.78, 5) is 11.8. The van der Waals surface area contributed by atoms with Crippen molar-refractivity contribution in [2.45, 2.75) is 19.4 Å². The van der Waals surface area contributed by atoms with Gasteiger partial charge < -0.3 is 14.8 Å². The molecule has 0 fully saturated rings. The Morgan fingerprint density at radius 2 is 1.96 bits per heavy atom. The van der Waals surface area contributed by atoms with Gasteiger partial charge in [0.1, 0.15) is 17.6 Å². The van der Waals surface area contributed by atoms with Crippen LogP contribution in [0.5, 0.6) is 11.5 Å². The molecule has 1 heterocycles. The fourth-order valence-corrected chi connectivity index (χ4v) is 2.52. The van der Waals surface area contributed by atoms with Crippen LogP contribution in [0.1, 0.15) is 24.5 Å². The van der Waals surface area contributed by atoms with Crippen LogP contribution in [0.25, 0.3) is 12.2 Å². The fourth-order valence-electron chi connectivity index (χ4n) is 2.52. The van der Waals surface area contributed by atoms with Crippen LogP contribution in [-0.2, 0) is 4.79 Å². The van der Waals surface area contributed by atoms with Crippen molar-refractivity contribution in [3.8, 4) is 11.5 Å². The summed E-state index contributed by atoms with van der Waals surface area (Å²) in [5.74, 6) is 1.53. The first-order chi connectivity index (χ1) is 11.2. The van der Waals surface area contributed by atoms with Gasteiger partial charge in [-0.2, -0.15) is 0 Å². The number of carbonyl (C=O) groups excluding carboxylic acids is 1. The van der Waals surface area contributed by atoms with E-state index in [9.17, 15) is 4.79 Å². The second kappa shape index (κ2) is 6.57. The number of nitrogens with one attached hydrogen (secondary N) is 1. The Balaban J connectivity index is 1.89. The van der Waals surface area contributed by atoms with Gasteiger partial charge in [0.25, 0.3) is 0 Å². The molecule has 1 aliphatic rings. The zero-order valence-corrected chi connectivity index (χ0v) is 13.2. The molecule has 1 amide bonds. The molecule has 1 N–H and O–H groups in total. The van der Waals surface area contributed by atoms with Gasteiger partial charge in [-0.15, -0.1) is 0 Å². The third-order valence-electron chi connectivity index (χ3n) is 3.68. The molecule has 0 aromatic heterocycles. The number of hydrogen-bond donors (Lipinski definition) is 1. The van der Waals surface area contributed by atoms with Crippen LogP contribution in [0.3, 0.4) is 0 Å². The molecule has 0 aliphatic carbocycles. The number of hydrogen-bond acceptors (Lipinski definition) is 3. The molecule has 2 aromatic rings. The van der Waals surface area contributed by atoms with Crippen LogP contribution >= 0.6 is 0 Å². The Morgan fingerprint density at radius 3 is 2.70 bits per heavy atom. The predicted molar refractivity (Wildman–Crippen MR) is 91.7 cm³/mol. The highest BCUT2D eigenvalue weighted by Crippen LogP contribution is 2.33. The maximum Gasteiger partial charge on any atom is 0.228 e. The van der Waals surface area contributed by atoms with Gasteiger partial charge in [0.05, 0.1) is 19.2 Å². The van der Waals surface area contributed by atoms with Crippen molar-refractivity contribution >= 4 is 23.7 Å². The van der Waals surface area contributed by atoms with E-state index in [0.717, 1.165) is 28.3 Å². The minimum absolute atomic E-state index is 0.0208. The largest absolute Gasteiger partial charge is 0.497 e. The maximum absolute atomic E-state index is 11.8. The Labute approximate surface area is 135 Å². The number of carbonyl (C=O) groups is 1. The molecule has 118 valence electrons. The second-order valence-corrected chi connectivity index (χ2v) is 5.51. The van der Waals surface area contributed by atoms with Gasteiger partial charge in [0.2, 0.25) is 5.91 Å². The van der Waals surface area contributed by atoms with Crippen LogP contribution in [0, 0.1) is 0 Å². The quantitative estimate of drug-likeness (QED) is 0.873. The van der Waals surface area contributed by atoms with E-state index in [2.05, 4.69) is 5.32 Å². The lowest BCUT2D eigenvalue weighted by Crippen LogP contribution is -2.17. The summed E-state index contributed by atoms with van der Waals surface area (Å²) >= 11 is 0. The smallest absolute Gasteiger partial charge is 0.228 e. The lowest BCUT2D eigenvalue weighted by atomic mass is 10.1. The molecular weight excluding hydrogens is 290 g/mol. The summed E-state index contributed by atoms with van der Waals surface area (Å²) in [6, 6.07) is 13.6. The Bertz CT molecular complexity index is 735. The molecule has 0 saturated heterocycles. The molecule has 0 bridgehead atoms. The van der Waals surface area contributed by atoms with Crippen molar-refractivity contribution in [1.29, 1.82) is 0 Å². The number of methoxy groups -OCH3 is 1. The normalized spacial score (nSPS) is 17.1. The van der Waals surface area contributed by atoms with Gasteiger partial charge in [0, 0.05) is 5.56 Å². The van der Waals surface area contributed by atoms with E-state index in [0.29, 0.717) is 6.42 Å². The molecule has 2 aromatic carbocycles. The number of amides is 1. The standard InChI is InChI=1S/C19H19NO3/c1-13-12-18(21)20-17-5-3-4-15(19(17)23-13)9-6-14-7-10-16(22-2)11-8-14/h3-11,13H,12H2,1-2H3,(H,20,21). The lowest BCUT2D eigenvalue weighted by Gasteiger charge is -2.13. The van der Waals surface area contributed by atoms with Crippen molar-refractivity contribution in [3.05, 3.63) is 53.6 Å². The Morgan fingerprint density at radius 1 is 1.17 bits per heavy atom. The number of anilines is 1. The van der Waals surface area contributed by atoms with E-state index in [-0.39, 0.29) is 12.0 Å². The van der Waals surface area contributed by atoms with Gasteiger partial charge in [-0.25, -0.2) is 0 Å². The highest BCUT2D eigenvalue weighted by atomic mass is 16.5. The summed E-state index contributed by atoms with van der Waals surface area (Å²) in [6.45, 7) is 1.90. The third kappa shape index (κ3) is 3.54. The Hall–Kier alpha value is -2.75. The fraction of sp³-hybridized carbons (Fsp3) is 0.211. The van der Waals surface area contributed by atoms with Crippen LogP contribution < -0.4 is 14.8 Å². The monoisotopic (exact) mass is 309 g/mol. The number of ether oxygens (including phenoxy) is 2. The molecule has 1 aliphatic heterocycles. The molecule has 0 spiro atoms. The maximum atomic E-state index is 11.8. The number of para-hydroxylation sites is 1. The van der Waals surface area contributed by atoms with E-state index in [4.69, 9.17) is 9.47 Å². The van der Waals surface area contributed by atoms with Crippen LogP contribution in [-0.4, -0.2) is 19.1 Å². The molecule has 0 saturated carbocycles. The molecule has 0 radical (unpaired) electrons. The lowest BCUT2D eigenvalue weighted by molar-refractivity contribution is -0.117. The van der Waals surface area contributed by atoms with Crippen LogP contribution in [0.4, 0.5) is 5.69 Å². The van der Waals surface area contributed by atoms with Crippen LogP contribution in [0.15, 0.2) is 42.5 Å². The van der Waals surface area contributed by atoms with Crippen LogP contribution in [0.2, 0.25) is 0 Å². The summed E-state index contributed by atoms with van der Waals surface area (Å²) < 4.78 is 11.1. The highest BCUT2D eigenvalue weighted by molar-refractivity contribution is 5.94. The highest BCUT2D eigenvalue weighted by Gasteiger charge is 2.20. The topological polar surface area (TPSA) is 47.6 Å². The minimum Gasteiger partial charge on any atom is -0.497 e. The zero-order valence-electron chi connectivity index (χ0n) is 13.2. The average molecular weight is 309 g/mol. The van der Waals surface area contributed by atoms with E-state index in [1.807, 2.05) is 61.5 Å². The summed E-state index contributed by atoms with van der Waals surface area (Å²) in [5, 5.41) is 2.89. The molecular formula is C19H19NO3. The van der Waals surface area contributed by atoms with E-state index < -0.39 is 0 Å². The first-order valence-electron chi connectivity index (χ1n) is 7.57. The van der Waals surface area contributed by atoms with Crippen molar-refractivity contribution in [3.63, 3.8) is 0 Å². The number of fused-ring (bicyclic) bond motifs is 1. The number of benzene rings is 2. The van der Waals surface area contributed by atoms with Crippen molar-refractivity contribution in [1.82, 2.24) is 0 Å². The zero-order chi connectivity index (χ0) is 16.2. The van der Waals surface area contributed by atoms with Crippen molar-refractivity contribution < 1.29 is 14.3 Å². The predicted octanol–water partition coefficient (Wildman–Crippen LogP) is 3.98. The number of rotatable bonds is 3. The molecule has 4 nitrogen and oxygen atoms in total. The molecule has 4 heteroatoms. The summed E-state index contributed by atoms with van der Waals surface area (Å²) in [7, 11) is 1.65. The molecule has 1 atom stereocenters. The van der Waals surface area contributed by atoms with Gasteiger partial charge in [-0.05, 0) is 30.7 Å². The van der Waals surface area contributed by atoms with Gasteiger partial charge >= 0.3 is 0 Å². The molecule has 3 rings (SSSR count). The second-order valence-electron chi connectivity index (χ2n) is 5.51. The van der Waals surface area contributed by atoms with Crippen molar-refractivity contribution in [2.24, 2.45) is 0 Å². The van der Waals surface area contributed by atoms with Gasteiger partial charge in [0.15, 0.2) is 0 Å². The third-order valence-corrected chi connectivity index (χ3v) is 3.68. The average Bonchev–Trinajstić information content (AvgIpc) is 2.70. The minimum atomic E-state index is -0.146. The summed E-state index contributed by atoms with van der Waals surface area (Å²) in [5.41, 5.74) is 2.72. The Kier molecular flexibility index (Phi) is 4.33. The first kappa shape index (κ1) is 15.2. The van der Waals surface area contributed by atoms with Gasteiger partial charge in [-0.3, -0.25) is 4.79 Å². The molecule has 1 unspecified atom stereocenters. The van der Waals surface area contributed by atoms with Gasteiger partial charge in [-0.1, -0.05) is 36.4 Å². The van der Waals surface area contributed by atoms with Crippen molar-refractivity contribution in [2.75, 3.05) is 12.4 Å². The van der Waals surface area contributed by atoms with E-state index >= 15 is 0 Å². The SMILES string of the molecule is COc1ccc(C=Cc2cccc3c2OC(C)CC(=O)N3)cc1.